The van der Waals surface area contributed by atoms with Gasteiger partial charge in [0.2, 0.25) is 0 Å². The van der Waals surface area contributed by atoms with Crippen LogP contribution in [0, 0.1) is 13.8 Å². The van der Waals surface area contributed by atoms with Gasteiger partial charge in [0.05, 0.1) is 11.3 Å². The van der Waals surface area contributed by atoms with Gasteiger partial charge in [-0.25, -0.2) is 5.48 Å². The van der Waals surface area contributed by atoms with E-state index in [2.05, 4.69) is 5.32 Å². The summed E-state index contributed by atoms with van der Waals surface area (Å²) in [5, 5.41) is 12.0. The summed E-state index contributed by atoms with van der Waals surface area (Å²) in [5.41, 5.74) is 5.95. The van der Waals surface area contributed by atoms with E-state index in [0.29, 0.717) is 11.3 Å². The van der Waals surface area contributed by atoms with Crippen molar-refractivity contribution >= 4 is 17.3 Å². The molecule has 0 aliphatic heterocycles. The van der Waals surface area contributed by atoms with Gasteiger partial charge in [-0.2, -0.15) is 0 Å². The lowest BCUT2D eigenvalue weighted by atomic mass is 10.1. The lowest BCUT2D eigenvalue weighted by molar-refractivity contribution is 0.0707. The van der Waals surface area contributed by atoms with E-state index < -0.39 is 5.91 Å². The molecule has 4 heteroatoms. The van der Waals surface area contributed by atoms with E-state index in [1.165, 1.54) is 5.56 Å². The molecule has 0 aliphatic carbocycles. The zero-order valence-electron chi connectivity index (χ0n) is 10.9. The highest BCUT2D eigenvalue weighted by atomic mass is 16.5. The van der Waals surface area contributed by atoms with Gasteiger partial charge in [0.1, 0.15) is 0 Å². The minimum atomic E-state index is -0.534. The van der Waals surface area contributed by atoms with Crippen LogP contribution in [0.25, 0.3) is 0 Å². The van der Waals surface area contributed by atoms with Crippen molar-refractivity contribution in [1.82, 2.24) is 5.48 Å². The molecule has 0 atom stereocenters. The number of carbonyl (C=O) groups excluding carboxylic acids is 1. The Bertz CT molecular complexity index is 609. The number of carbonyl (C=O) groups is 1. The van der Waals surface area contributed by atoms with Gasteiger partial charge < -0.3 is 5.32 Å². The second-order valence-electron chi connectivity index (χ2n) is 4.36. The second-order valence-corrected chi connectivity index (χ2v) is 4.36. The van der Waals surface area contributed by atoms with Crippen molar-refractivity contribution in [2.75, 3.05) is 5.32 Å². The van der Waals surface area contributed by atoms with Gasteiger partial charge in [-0.3, -0.25) is 10.0 Å². The fraction of sp³-hybridized carbons (Fsp3) is 0.133. The first kappa shape index (κ1) is 13.1. The summed E-state index contributed by atoms with van der Waals surface area (Å²) in [6.45, 7) is 4.05. The van der Waals surface area contributed by atoms with Crippen LogP contribution in [-0.2, 0) is 0 Å². The smallest absolute Gasteiger partial charge is 0.276 e. The lowest BCUT2D eigenvalue weighted by Crippen LogP contribution is -2.19. The van der Waals surface area contributed by atoms with Crippen molar-refractivity contribution in [1.29, 1.82) is 0 Å². The van der Waals surface area contributed by atoms with E-state index in [4.69, 9.17) is 5.21 Å². The minimum Gasteiger partial charge on any atom is -0.355 e. The zero-order valence-corrected chi connectivity index (χ0v) is 10.9. The quantitative estimate of drug-likeness (QED) is 0.584. The van der Waals surface area contributed by atoms with Crippen molar-refractivity contribution in [3.8, 4) is 0 Å². The molecule has 0 aromatic heterocycles. The number of hydrogen-bond donors (Lipinski definition) is 3. The maximum absolute atomic E-state index is 11.6. The molecular weight excluding hydrogens is 240 g/mol. The van der Waals surface area contributed by atoms with Crippen molar-refractivity contribution in [2.45, 2.75) is 13.8 Å². The van der Waals surface area contributed by atoms with Crippen LogP contribution in [0.2, 0.25) is 0 Å². The van der Waals surface area contributed by atoms with E-state index in [1.807, 2.05) is 38.1 Å². The molecule has 4 nitrogen and oxygen atoms in total. The number of rotatable bonds is 3. The fourth-order valence-corrected chi connectivity index (χ4v) is 1.88. The molecule has 98 valence electrons. The first-order valence-electron chi connectivity index (χ1n) is 6.00. The Kier molecular flexibility index (Phi) is 3.82. The van der Waals surface area contributed by atoms with Gasteiger partial charge in [0, 0.05) is 5.69 Å². The topological polar surface area (TPSA) is 61.4 Å². The third-order valence-electron chi connectivity index (χ3n) is 3.15. The SMILES string of the molecule is Cc1cccc(Nc2ccccc2C(=O)NO)c1C. The van der Waals surface area contributed by atoms with E-state index >= 15 is 0 Å². The highest BCUT2D eigenvalue weighted by molar-refractivity contribution is 5.99. The van der Waals surface area contributed by atoms with Crippen LogP contribution >= 0.6 is 0 Å². The monoisotopic (exact) mass is 256 g/mol. The number of hydroxylamine groups is 1. The summed E-state index contributed by atoms with van der Waals surface area (Å²) in [6.07, 6.45) is 0. The molecule has 0 saturated heterocycles. The number of benzene rings is 2. The van der Waals surface area contributed by atoms with Crippen LogP contribution in [0.15, 0.2) is 42.5 Å². The number of para-hydroxylation sites is 1. The average Bonchev–Trinajstić information content (AvgIpc) is 2.43. The summed E-state index contributed by atoms with van der Waals surface area (Å²) >= 11 is 0. The Morgan fingerprint density at radius 2 is 1.68 bits per heavy atom. The molecule has 0 radical (unpaired) electrons. The number of hydrogen-bond acceptors (Lipinski definition) is 3. The molecule has 2 aromatic rings. The van der Waals surface area contributed by atoms with Crippen molar-refractivity contribution < 1.29 is 10.0 Å². The van der Waals surface area contributed by atoms with Crippen LogP contribution in [0.5, 0.6) is 0 Å². The molecule has 0 bridgehead atoms. The lowest BCUT2D eigenvalue weighted by Gasteiger charge is -2.14. The van der Waals surface area contributed by atoms with Crippen LogP contribution < -0.4 is 10.8 Å². The molecule has 0 aliphatic rings. The minimum absolute atomic E-state index is 0.394. The van der Waals surface area contributed by atoms with E-state index in [1.54, 1.807) is 23.7 Å². The molecule has 1 amide bonds. The Morgan fingerprint density at radius 3 is 2.42 bits per heavy atom. The summed E-state index contributed by atoms with van der Waals surface area (Å²) in [5.74, 6) is -0.534. The van der Waals surface area contributed by atoms with E-state index in [0.717, 1.165) is 11.3 Å². The first-order chi connectivity index (χ1) is 9.13. The molecule has 0 spiro atoms. The van der Waals surface area contributed by atoms with Gasteiger partial charge in [0.25, 0.3) is 5.91 Å². The Hall–Kier alpha value is -2.33. The summed E-state index contributed by atoms with van der Waals surface area (Å²) in [4.78, 5) is 11.6. The predicted molar refractivity (Wildman–Crippen MR) is 74.9 cm³/mol. The molecule has 3 N–H and O–H groups in total. The van der Waals surface area contributed by atoms with Gasteiger partial charge in [-0.1, -0.05) is 24.3 Å². The maximum Gasteiger partial charge on any atom is 0.276 e. The predicted octanol–water partition coefficient (Wildman–Crippen LogP) is 3.17. The van der Waals surface area contributed by atoms with Crippen LogP contribution in [0.3, 0.4) is 0 Å². The largest absolute Gasteiger partial charge is 0.355 e. The summed E-state index contributed by atoms with van der Waals surface area (Å²) in [7, 11) is 0. The van der Waals surface area contributed by atoms with E-state index in [-0.39, 0.29) is 0 Å². The van der Waals surface area contributed by atoms with Crippen molar-refractivity contribution in [3.63, 3.8) is 0 Å². The summed E-state index contributed by atoms with van der Waals surface area (Å²) in [6, 6.07) is 13.0. The highest BCUT2D eigenvalue weighted by Crippen LogP contribution is 2.25. The Balaban J connectivity index is 2.39. The number of aryl methyl sites for hydroxylation is 1. The standard InChI is InChI=1S/C15H16N2O2/c1-10-6-5-9-13(11(10)2)16-14-8-4-3-7-12(14)15(18)17-19/h3-9,16,19H,1-2H3,(H,17,18). The van der Waals surface area contributed by atoms with E-state index in [9.17, 15) is 4.79 Å². The molecule has 0 saturated carbocycles. The van der Waals surface area contributed by atoms with Gasteiger partial charge >= 0.3 is 0 Å². The second kappa shape index (κ2) is 5.54. The molecular formula is C15H16N2O2. The van der Waals surface area contributed by atoms with Crippen LogP contribution in [-0.4, -0.2) is 11.1 Å². The third-order valence-corrected chi connectivity index (χ3v) is 3.15. The molecule has 0 unspecified atom stereocenters. The van der Waals surface area contributed by atoms with Crippen molar-refractivity contribution in [3.05, 3.63) is 59.2 Å². The fourth-order valence-electron chi connectivity index (χ4n) is 1.88. The van der Waals surface area contributed by atoms with Gasteiger partial charge in [-0.15, -0.1) is 0 Å². The van der Waals surface area contributed by atoms with Crippen LogP contribution in [0.4, 0.5) is 11.4 Å². The number of anilines is 2. The first-order valence-corrected chi connectivity index (χ1v) is 6.00. The van der Waals surface area contributed by atoms with Gasteiger partial charge in [0.15, 0.2) is 0 Å². The highest BCUT2D eigenvalue weighted by Gasteiger charge is 2.10. The number of nitrogens with one attached hydrogen (secondary N) is 2. The third kappa shape index (κ3) is 2.74. The average molecular weight is 256 g/mol. The number of amides is 1. The van der Waals surface area contributed by atoms with Gasteiger partial charge in [-0.05, 0) is 43.2 Å². The van der Waals surface area contributed by atoms with Crippen LogP contribution in [0.1, 0.15) is 21.5 Å². The normalized spacial score (nSPS) is 10.1. The molecule has 0 fully saturated rings. The van der Waals surface area contributed by atoms with Crippen molar-refractivity contribution in [2.24, 2.45) is 0 Å². The summed E-state index contributed by atoms with van der Waals surface area (Å²) < 4.78 is 0. The molecule has 19 heavy (non-hydrogen) atoms. The molecule has 0 heterocycles. The maximum atomic E-state index is 11.6. The molecule has 2 rings (SSSR count). The Morgan fingerprint density at radius 1 is 1.00 bits per heavy atom. The molecule has 2 aromatic carbocycles. The zero-order chi connectivity index (χ0) is 13.8. The Labute approximate surface area is 112 Å².